The number of carbonyl (C=O) groups excluding carboxylic acids is 2. The van der Waals surface area contributed by atoms with Crippen LogP contribution in [0.25, 0.3) is 0 Å². The first kappa shape index (κ1) is 17.7. The highest BCUT2D eigenvalue weighted by atomic mass is 16.3. The summed E-state index contributed by atoms with van der Waals surface area (Å²) in [6.07, 6.45) is 0.743. The van der Waals surface area contributed by atoms with E-state index in [2.05, 4.69) is 5.43 Å². The number of phenolic OH excluding ortho intramolecular Hbond substituents is 1. The summed E-state index contributed by atoms with van der Waals surface area (Å²) in [5, 5.41) is 11.5. The van der Waals surface area contributed by atoms with E-state index >= 15 is 0 Å². The van der Waals surface area contributed by atoms with Crippen LogP contribution < -0.4 is 5.43 Å². The van der Waals surface area contributed by atoms with Crippen molar-refractivity contribution in [3.05, 3.63) is 65.7 Å². The Morgan fingerprint density at radius 3 is 2.37 bits per heavy atom. The summed E-state index contributed by atoms with van der Waals surface area (Å²) in [7, 11) is 0. The maximum absolute atomic E-state index is 13.0. The highest BCUT2D eigenvalue weighted by Crippen LogP contribution is 2.41. The fourth-order valence-electron chi connectivity index (χ4n) is 4.06. The standard InChI is InChI=1S/C21H23N3O3/c1-2-12-23-20(26)17-18(15-8-10-16(25)11-9-15)22-24(19(17)21(23)27)13-14-6-4-3-5-7-14/h3-11,17-19,22,25H,2,12-13H2,1H3/t17-,18-,19-/m0/s1. The summed E-state index contributed by atoms with van der Waals surface area (Å²) in [5.74, 6) is -0.530. The molecule has 2 aromatic carbocycles. The number of hydrogen-bond donors (Lipinski definition) is 2. The minimum absolute atomic E-state index is 0.118. The van der Waals surface area contributed by atoms with Crippen molar-refractivity contribution < 1.29 is 14.7 Å². The van der Waals surface area contributed by atoms with Crippen molar-refractivity contribution in [3.63, 3.8) is 0 Å². The van der Waals surface area contributed by atoms with Crippen LogP contribution in [0.5, 0.6) is 5.75 Å². The van der Waals surface area contributed by atoms with Crippen molar-refractivity contribution in [1.82, 2.24) is 15.3 Å². The molecule has 0 aliphatic carbocycles. The zero-order valence-corrected chi connectivity index (χ0v) is 15.2. The molecule has 2 N–H and O–H groups in total. The van der Waals surface area contributed by atoms with Gasteiger partial charge in [0.05, 0.1) is 12.0 Å². The summed E-state index contributed by atoms with van der Waals surface area (Å²) in [6.45, 7) is 2.95. The number of carbonyl (C=O) groups is 2. The fourth-order valence-corrected chi connectivity index (χ4v) is 4.06. The molecule has 2 aromatic rings. The van der Waals surface area contributed by atoms with Gasteiger partial charge in [-0.1, -0.05) is 49.4 Å². The third-order valence-corrected chi connectivity index (χ3v) is 5.31. The predicted octanol–water partition coefficient (Wildman–Crippen LogP) is 2.22. The van der Waals surface area contributed by atoms with E-state index in [0.29, 0.717) is 13.1 Å². The first-order valence-corrected chi connectivity index (χ1v) is 9.31. The number of hydrogen-bond acceptors (Lipinski definition) is 5. The van der Waals surface area contributed by atoms with E-state index in [1.54, 1.807) is 24.3 Å². The van der Waals surface area contributed by atoms with E-state index in [1.807, 2.05) is 42.3 Å². The van der Waals surface area contributed by atoms with Gasteiger partial charge in [0.15, 0.2) is 0 Å². The Kier molecular flexibility index (Phi) is 4.68. The van der Waals surface area contributed by atoms with Gasteiger partial charge in [-0.05, 0) is 29.7 Å². The molecule has 0 radical (unpaired) electrons. The lowest BCUT2D eigenvalue weighted by molar-refractivity contribution is -0.141. The van der Waals surface area contributed by atoms with Crippen LogP contribution in [0.1, 0.15) is 30.5 Å². The maximum atomic E-state index is 13.0. The van der Waals surface area contributed by atoms with Gasteiger partial charge < -0.3 is 5.11 Å². The number of hydrazine groups is 1. The first-order chi connectivity index (χ1) is 13.1. The van der Waals surface area contributed by atoms with Crippen molar-refractivity contribution in [3.8, 4) is 5.75 Å². The molecule has 27 heavy (non-hydrogen) atoms. The zero-order valence-electron chi connectivity index (χ0n) is 15.2. The third kappa shape index (κ3) is 3.11. The Morgan fingerprint density at radius 1 is 1.00 bits per heavy atom. The van der Waals surface area contributed by atoms with Gasteiger partial charge in [-0.3, -0.25) is 14.5 Å². The Labute approximate surface area is 158 Å². The van der Waals surface area contributed by atoms with Crippen LogP contribution in [0.15, 0.2) is 54.6 Å². The van der Waals surface area contributed by atoms with Gasteiger partial charge in [-0.15, -0.1) is 0 Å². The molecule has 2 aliphatic heterocycles. The zero-order chi connectivity index (χ0) is 19.0. The van der Waals surface area contributed by atoms with Crippen LogP contribution >= 0.6 is 0 Å². The number of benzene rings is 2. The maximum Gasteiger partial charge on any atom is 0.248 e. The van der Waals surface area contributed by atoms with Gasteiger partial charge in [0.25, 0.3) is 0 Å². The highest BCUT2D eigenvalue weighted by Gasteiger charge is 2.58. The lowest BCUT2D eigenvalue weighted by atomic mass is 9.91. The molecule has 4 rings (SSSR count). The molecule has 0 spiro atoms. The second-order valence-corrected chi connectivity index (χ2v) is 7.11. The topological polar surface area (TPSA) is 72.9 Å². The van der Waals surface area contributed by atoms with Crippen molar-refractivity contribution in [2.75, 3.05) is 6.54 Å². The number of imide groups is 1. The number of aromatic hydroxyl groups is 1. The molecule has 6 heteroatoms. The largest absolute Gasteiger partial charge is 0.508 e. The third-order valence-electron chi connectivity index (χ3n) is 5.31. The lowest BCUT2D eigenvalue weighted by Gasteiger charge is -2.25. The molecule has 0 saturated carbocycles. The van der Waals surface area contributed by atoms with E-state index < -0.39 is 12.0 Å². The molecular weight excluding hydrogens is 342 g/mol. The molecule has 2 fully saturated rings. The van der Waals surface area contributed by atoms with Crippen molar-refractivity contribution >= 4 is 11.8 Å². The van der Waals surface area contributed by atoms with E-state index in [0.717, 1.165) is 17.5 Å². The molecular formula is C21H23N3O3. The molecule has 2 aliphatic rings. The molecule has 3 atom stereocenters. The van der Waals surface area contributed by atoms with E-state index in [9.17, 15) is 14.7 Å². The summed E-state index contributed by atoms with van der Waals surface area (Å²) >= 11 is 0. The molecule has 2 amide bonds. The van der Waals surface area contributed by atoms with Crippen LogP contribution in [0.3, 0.4) is 0 Å². The molecule has 140 valence electrons. The second-order valence-electron chi connectivity index (χ2n) is 7.11. The number of nitrogens with one attached hydrogen (secondary N) is 1. The normalized spacial score (nSPS) is 25.2. The van der Waals surface area contributed by atoms with Gasteiger partial charge in [-0.25, -0.2) is 10.4 Å². The van der Waals surface area contributed by atoms with Crippen molar-refractivity contribution in [2.45, 2.75) is 32.0 Å². The molecule has 0 aromatic heterocycles. The van der Waals surface area contributed by atoms with Crippen molar-refractivity contribution in [2.24, 2.45) is 5.92 Å². The molecule has 2 heterocycles. The number of amides is 2. The average Bonchev–Trinajstić information content (AvgIpc) is 3.16. The molecule has 6 nitrogen and oxygen atoms in total. The highest BCUT2D eigenvalue weighted by molar-refractivity contribution is 6.07. The van der Waals surface area contributed by atoms with Crippen LogP contribution in [-0.4, -0.2) is 39.4 Å². The summed E-state index contributed by atoms with van der Waals surface area (Å²) in [5.41, 5.74) is 5.34. The quantitative estimate of drug-likeness (QED) is 0.795. The van der Waals surface area contributed by atoms with Gasteiger partial charge in [0.2, 0.25) is 11.8 Å². The van der Waals surface area contributed by atoms with Crippen LogP contribution in [-0.2, 0) is 16.1 Å². The Balaban J connectivity index is 1.68. The summed E-state index contributed by atoms with van der Waals surface area (Å²) < 4.78 is 0. The monoisotopic (exact) mass is 365 g/mol. The number of nitrogens with zero attached hydrogens (tertiary/aromatic N) is 2. The van der Waals surface area contributed by atoms with E-state index in [-0.39, 0.29) is 23.6 Å². The summed E-state index contributed by atoms with van der Waals surface area (Å²) in [6, 6.07) is 15.9. The van der Waals surface area contributed by atoms with Crippen LogP contribution in [0.4, 0.5) is 0 Å². The summed E-state index contributed by atoms with van der Waals surface area (Å²) in [4.78, 5) is 27.4. The minimum Gasteiger partial charge on any atom is -0.508 e. The smallest absolute Gasteiger partial charge is 0.248 e. The van der Waals surface area contributed by atoms with E-state index in [4.69, 9.17) is 0 Å². The number of likely N-dealkylation sites (tertiary alicyclic amines) is 1. The Morgan fingerprint density at radius 2 is 1.70 bits per heavy atom. The van der Waals surface area contributed by atoms with Gasteiger partial charge in [0.1, 0.15) is 11.8 Å². The average molecular weight is 365 g/mol. The Hall–Kier alpha value is -2.70. The molecule has 0 unspecified atom stereocenters. The SMILES string of the molecule is CCCN1C(=O)[C@@H]2[C@@H](C1=O)N(Cc1ccccc1)N[C@H]2c1ccc(O)cc1. The molecule has 0 bridgehead atoms. The van der Waals surface area contributed by atoms with Gasteiger partial charge in [0, 0.05) is 13.1 Å². The first-order valence-electron chi connectivity index (χ1n) is 9.31. The Bertz CT molecular complexity index is 838. The lowest BCUT2D eigenvalue weighted by Crippen LogP contribution is -2.45. The number of rotatable bonds is 5. The van der Waals surface area contributed by atoms with Crippen LogP contribution in [0, 0.1) is 5.92 Å². The van der Waals surface area contributed by atoms with Crippen LogP contribution in [0.2, 0.25) is 0 Å². The van der Waals surface area contributed by atoms with Gasteiger partial charge >= 0.3 is 0 Å². The minimum atomic E-state index is -0.511. The predicted molar refractivity (Wildman–Crippen MR) is 100 cm³/mol. The van der Waals surface area contributed by atoms with E-state index in [1.165, 1.54) is 4.90 Å². The van der Waals surface area contributed by atoms with Crippen molar-refractivity contribution in [1.29, 1.82) is 0 Å². The fraction of sp³-hybridized carbons (Fsp3) is 0.333. The van der Waals surface area contributed by atoms with Gasteiger partial charge in [-0.2, -0.15) is 0 Å². The number of fused-ring (bicyclic) bond motifs is 1. The molecule has 2 saturated heterocycles. The number of phenols is 1. The second kappa shape index (κ2) is 7.13.